The molecule has 1 amide bonds. The van der Waals surface area contributed by atoms with E-state index in [1.54, 1.807) is 5.57 Å². The van der Waals surface area contributed by atoms with E-state index in [0.717, 1.165) is 68.3 Å². The van der Waals surface area contributed by atoms with E-state index in [1.165, 1.54) is 44.5 Å². The lowest BCUT2D eigenvalue weighted by Crippen LogP contribution is -2.33. The van der Waals surface area contributed by atoms with Gasteiger partial charge in [0.15, 0.2) is 0 Å². The summed E-state index contributed by atoms with van der Waals surface area (Å²) in [6.45, 7) is 7.31. The molecule has 260 valence electrons. The number of carbonyl (C=O) groups excluding carboxylic acids is 2. The maximum atomic E-state index is 13.9. The van der Waals surface area contributed by atoms with Gasteiger partial charge in [-0.1, -0.05) is 137 Å². The van der Waals surface area contributed by atoms with Gasteiger partial charge in [-0.25, -0.2) is 0 Å². The number of carbonyl (C=O) groups is 2. The number of hydrogen-bond donors (Lipinski definition) is 0. The molecule has 0 saturated carbocycles. The molecule has 3 heteroatoms. The van der Waals surface area contributed by atoms with E-state index >= 15 is 0 Å². The summed E-state index contributed by atoms with van der Waals surface area (Å²) in [6.07, 6.45) is 24.4. The van der Waals surface area contributed by atoms with E-state index < -0.39 is 0 Å². The number of anilines is 1. The summed E-state index contributed by atoms with van der Waals surface area (Å²) in [5, 5.41) is 0. The van der Waals surface area contributed by atoms with Crippen molar-refractivity contribution in [2.75, 3.05) is 11.4 Å². The molecule has 2 atom stereocenters. The highest BCUT2D eigenvalue weighted by atomic mass is 16.2. The molecule has 1 aliphatic heterocycles. The van der Waals surface area contributed by atoms with E-state index in [2.05, 4.69) is 130 Å². The summed E-state index contributed by atoms with van der Waals surface area (Å²) in [5.41, 5.74) is 15.1. The van der Waals surface area contributed by atoms with E-state index in [1.807, 2.05) is 4.90 Å². The van der Waals surface area contributed by atoms with Gasteiger partial charge in [0.25, 0.3) is 0 Å². The Balaban J connectivity index is 0.923. The summed E-state index contributed by atoms with van der Waals surface area (Å²) in [7, 11) is 0. The third-order valence-electron chi connectivity index (χ3n) is 11.1. The highest BCUT2D eigenvalue weighted by Crippen LogP contribution is 2.35. The maximum Gasteiger partial charge on any atom is 0.231 e. The SMILES string of the molecule is CC1=CC(C)=C(CC2C=CC(CCC(=O)CCC3=CC(c4cccc(CC(=O)N5CCCCc6ccc(-c7cccc(C)c7)cc65)c4)C=C3)=C2)C1. The molecule has 1 heterocycles. The molecule has 0 bridgehead atoms. The molecule has 0 fully saturated rings. The highest BCUT2D eigenvalue weighted by Gasteiger charge is 2.23. The van der Waals surface area contributed by atoms with Gasteiger partial charge >= 0.3 is 0 Å². The molecule has 0 aromatic heterocycles. The van der Waals surface area contributed by atoms with Crippen LogP contribution in [0.4, 0.5) is 5.69 Å². The molecule has 3 aromatic carbocycles. The number of aryl methyl sites for hydroxylation is 2. The molecular weight excluding hydrogens is 623 g/mol. The fourth-order valence-corrected chi connectivity index (χ4v) is 8.25. The Hall–Kier alpha value is -4.76. The van der Waals surface area contributed by atoms with Gasteiger partial charge in [-0.3, -0.25) is 9.59 Å². The number of ketones is 1. The summed E-state index contributed by atoms with van der Waals surface area (Å²) < 4.78 is 0. The zero-order chi connectivity index (χ0) is 35.3. The van der Waals surface area contributed by atoms with Crippen molar-refractivity contribution in [1.82, 2.24) is 0 Å². The average molecular weight is 674 g/mol. The van der Waals surface area contributed by atoms with Crippen LogP contribution in [0.1, 0.15) is 93.4 Å². The zero-order valence-electron chi connectivity index (χ0n) is 30.6. The second kappa shape index (κ2) is 15.6. The first-order chi connectivity index (χ1) is 24.8. The lowest BCUT2D eigenvalue weighted by Gasteiger charge is -2.24. The lowest BCUT2D eigenvalue weighted by atomic mass is 9.96. The van der Waals surface area contributed by atoms with Gasteiger partial charge in [-0.2, -0.15) is 0 Å². The summed E-state index contributed by atoms with van der Waals surface area (Å²) in [6, 6.07) is 23.7. The fraction of sp³-hybridized carbons (Fsp3) is 0.333. The largest absolute Gasteiger partial charge is 0.312 e. The highest BCUT2D eigenvalue weighted by molar-refractivity contribution is 5.96. The van der Waals surface area contributed by atoms with Crippen LogP contribution < -0.4 is 4.90 Å². The topological polar surface area (TPSA) is 37.4 Å². The van der Waals surface area contributed by atoms with Crippen molar-refractivity contribution in [3.05, 3.63) is 159 Å². The van der Waals surface area contributed by atoms with Crippen molar-refractivity contribution in [2.24, 2.45) is 5.92 Å². The van der Waals surface area contributed by atoms with Gasteiger partial charge in [0, 0.05) is 31.0 Å². The van der Waals surface area contributed by atoms with Crippen LogP contribution in [0.25, 0.3) is 11.1 Å². The van der Waals surface area contributed by atoms with Crippen LogP contribution in [0.2, 0.25) is 0 Å². The van der Waals surface area contributed by atoms with Crippen molar-refractivity contribution >= 4 is 17.4 Å². The van der Waals surface area contributed by atoms with Crippen molar-refractivity contribution < 1.29 is 9.59 Å². The summed E-state index contributed by atoms with van der Waals surface area (Å²) >= 11 is 0. The third-order valence-corrected chi connectivity index (χ3v) is 11.1. The molecule has 7 rings (SSSR count). The molecule has 0 N–H and O–H groups in total. The number of hydrogen-bond acceptors (Lipinski definition) is 2. The van der Waals surface area contributed by atoms with Crippen LogP contribution in [0.5, 0.6) is 0 Å². The van der Waals surface area contributed by atoms with Gasteiger partial charge in [-0.05, 0) is 106 Å². The monoisotopic (exact) mass is 673 g/mol. The predicted molar refractivity (Wildman–Crippen MR) is 212 cm³/mol. The molecule has 2 unspecified atom stereocenters. The van der Waals surface area contributed by atoms with Crippen LogP contribution in [0.15, 0.2) is 137 Å². The van der Waals surface area contributed by atoms with E-state index in [9.17, 15) is 9.59 Å². The summed E-state index contributed by atoms with van der Waals surface area (Å²) in [5.74, 6) is 1.12. The molecule has 4 aliphatic rings. The number of benzene rings is 3. The molecule has 51 heavy (non-hydrogen) atoms. The van der Waals surface area contributed by atoms with Crippen LogP contribution in [-0.4, -0.2) is 18.2 Å². The molecule has 3 nitrogen and oxygen atoms in total. The lowest BCUT2D eigenvalue weighted by molar-refractivity contribution is -0.119. The minimum atomic E-state index is 0.154. The van der Waals surface area contributed by atoms with E-state index in [-0.39, 0.29) is 11.8 Å². The first-order valence-corrected chi connectivity index (χ1v) is 19.0. The smallest absolute Gasteiger partial charge is 0.231 e. The molecule has 3 aromatic rings. The molecule has 0 radical (unpaired) electrons. The van der Waals surface area contributed by atoms with Crippen molar-refractivity contribution in [1.29, 1.82) is 0 Å². The van der Waals surface area contributed by atoms with Crippen LogP contribution in [0, 0.1) is 12.8 Å². The van der Waals surface area contributed by atoms with Gasteiger partial charge in [0.1, 0.15) is 5.78 Å². The number of rotatable bonds is 12. The molecule has 0 spiro atoms. The second-order valence-electron chi connectivity index (χ2n) is 15.2. The van der Waals surface area contributed by atoms with Gasteiger partial charge in [-0.15, -0.1) is 0 Å². The Labute approximate surface area is 304 Å². The van der Waals surface area contributed by atoms with Crippen molar-refractivity contribution in [3.63, 3.8) is 0 Å². The average Bonchev–Trinajstić information content (AvgIpc) is 3.83. The predicted octanol–water partition coefficient (Wildman–Crippen LogP) is 11.5. The Bertz CT molecular complexity index is 2010. The Kier molecular flexibility index (Phi) is 10.6. The third kappa shape index (κ3) is 8.59. The van der Waals surface area contributed by atoms with Crippen molar-refractivity contribution in [3.8, 4) is 11.1 Å². The number of Topliss-reactive ketones (excluding diaryl/α,β-unsaturated/α-hetero) is 1. The zero-order valence-corrected chi connectivity index (χ0v) is 30.6. The van der Waals surface area contributed by atoms with Gasteiger partial charge in [0.05, 0.1) is 6.42 Å². The quantitative estimate of drug-likeness (QED) is 0.192. The van der Waals surface area contributed by atoms with Crippen molar-refractivity contribution in [2.45, 2.75) is 90.9 Å². The standard InChI is InChI=1S/C48H51NO2/c1-33-8-6-11-41(25-33)44-20-19-40-10-4-5-23-49(47(40)32-44)48(51)31-38-9-7-12-42(29-38)43-18-15-37(28-43)17-22-46(50)21-16-36-13-14-39(27-36)30-45-26-34(2)24-35(45)3/h6-9,11-15,18-20,24-25,27-29,32,39,43H,4-5,10,16-17,21-23,26,30-31H2,1-3H3. The molecule has 0 saturated heterocycles. The molecular formula is C48H51NO2. The second-order valence-corrected chi connectivity index (χ2v) is 15.2. The van der Waals surface area contributed by atoms with E-state index in [0.29, 0.717) is 31.0 Å². The molecule has 3 aliphatic carbocycles. The van der Waals surface area contributed by atoms with Gasteiger partial charge in [0.2, 0.25) is 5.91 Å². The number of nitrogens with zero attached hydrogens (tertiary/aromatic N) is 1. The van der Waals surface area contributed by atoms with Gasteiger partial charge < -0.3 is 4.90 Å². The van der Waals surface area contributed by atoms with Crippen LogP contribution >= 0.6 is 0 Å². The normalized spacial score (nSPS) is 19.6. The summed E-state index contributed by atoms with van der Waals surface area (Å²) in [4.78, 5) is 28.8. The minimum absolute atomic E-state index is 0.154. The van der Waals surface area contributed by atoms with Crippen LogP contribution in [-0.2, 0) is 22.4 Å². The minimum Gasteiger partial charge on any atom is -0.312 e. The Morgan fingerprint density at radius 2 is 1.59 bits per heavy atom. The first kappa shape index (κ1) is 34.7. The number of fused-ring (bicyclic) bond motifs is 1. The fourth-order valence-electron chi connectivity index (χ4n) is 8.25. The number of allylic oxidation sites excluding steroid dienone is 12. The van der Waals surface area contributed by atoms with E-state index in [4.69, 9.17) is 0 Å². The Morgan fingerprint density at radius 1 is 0.804 bits per heavy atom. The first-order valence-electron chi connectivity index (χ1n) is 19.0. The maximum absolute atomic E-state index is 13.9. The van der Waals surface area contributed by atoms with Crippen LogP contribution in [0.3, 0.4) is 0 Å². The Morgan fingerprint density at radius 3 is 2.39 bits per heavy atom. The number of amides is 1.